The van der Waals surface area contributed by atoms with E-state index in [1.165, 1.54) is 47.5 Å². The van der Waals surface area contributed by atoms with Crippen LogP contribution >= 0.6 is 0 Å². The van der Waals surface area contributed by atoms with E-state index in [2.05, 4.69) is 55.7 Å². The summed E-state index contributed by atoms with van der Waals surface area (Å²) < 4.78 is 41.9. The zero-order valence-corrected chi connectivity index (χ0v) is 20.7. The van der Waals surface area contributed by atoms with Crippen molar-refractivity contribution in [2.24, 2.45) is 5.92 Å². The number of ether oxygens (including phenoxy) is 1. The van der Waals surface area contributed by atoms with Gasteiger partial charge < -0.3 is 25.3 Å². The van der Waals surface area contributed by atoms with Crippen molar-refractivity contribution in [3.63, 3.8) is 0 Å². The number of benzene rings is 2. The molecule has 37 heavy (non-hydrogen) atoms. The highest BCUT2D eigenvalue weighted by atomic mass is 19.4. The lowest BCUT2D eigenvalue weighted by molar-refractivity contribution is -0.274. The fourth-order valence-electron chi connectivity index (χ4n) is 5.84. The van der Waals surface area contributed by atoms with Crippen LogP contribution in [0.5, 0.6) is 5.75 Å². The lowest BCUT2D eigenvalue weighted by atomic mass is 9.84. The quantitative estimate of drug-likeness (QED) is 0.346. The molecule has 1 saturated carbocycles. The van der Waals surface area contributed by atoms with E-state index in [1.54, 1.807) is 6.07 Å². The summed E-state index contributed by atoms with van der Waals surface area (Å²) in [4.78, 5) is 18.4. The molecule has 0 spiro atoms. The molecule has 2 fully saturated rings. The third-order valence-corrected chi connectivity index (χ3v) is 7.71. The Morgan fingerprint density at radius 3 is 2.43 bits per heavy atom. The molecule has 1 aliphatic heterocycles. The van der Waals surface area contributed by atoms with Gasteiger partial charge in [-0.2, -0.15) is 0 Å². The number of rotatable bonds is 6. The van der Waals surface area contributed by atoms with E-state index in [4.69, 9.17) is 0 Å². The number of fused-ring (bicyclic) bond motifs is 1. The summed E-state index contributed by atoms with van der Waals surface area (Å²) in [6.07, 6.45) is 3.48. The van der Waals surface area contributed by atoms with Crippen molar-refractivity contribution in [1.82, 2.24) is 15.2 Å². The van der Waals surface area contributed by atoms with E-state index < -0.39 is 18.1 Å². The molecular formula is C28H33F3N4O2. The largest absolute Gasteiger partial charge is 0.573 e. The molecule has 6 nitrogen and oxygen atoms in total. The molecule has 1 aliphatic carbocycles. The summed E-state index contributed by atoms with van der Waals surface area (Å²) in [6.45, 7) is 3.29. The van der Waals surface area contributed by atoms with Crippen molar-refractivity contribution >= 4 is 22.6 Å². The van der Waals surface area contributed by atoms with Crippen LogP contribution in [0.25, 0.3) is 10.9 Å². The van der Waals surface area contributed by atoms with Gasteiger partial charge in [0.1, 0.15) is 0 Å². The number of anilines is 1. The Morgan fingerprint density at radius 2 is 1.68 bits per heavy atom. The van der Waals surface area contributed by atoms with Gasteiger partial charge in [0.2, 0.25) is 0 Å². The maximum absolute atomic E-state index is 12.6. The van der Waals surface area contributed by atoms with Crippen molar-refractivity contribution in [3.05, 3.63) is 60.3 Å². The van der Waals surface area contributed by atoms with Crippen LogP contribution in [0.3, 0.4) is 0 Å². The first-order valence-corrected chi connectivity index (χ1v) is 13.0. The molecule has 3 N–H and O–H groups in total. The average Bonchev–Trinajstić information content (AvgIpc) is 3.30. The first-order valence-electron chi connectivity index (χ1n) is 13.0. The number of piperidine rings is 1. The molecule has 9 heteroatoms. The molecule has 2 amide bonds. The van der Waals surface area contributed by atoms with Crippen LogP contribution in [0, 0.1) is 5.92 Å². The Labute approximate surface area is 214 Å². The minimum absolute atomic E-state index is 0.0120. The maximum Gasteiger partial charge on any atom is 0.573 e. The number of carbonyl (C=O) groups excluding carboxylic acids is 1. The number of urea groups is 1. The second-order valence-electron chi connectivity index (χ2n) is 10.2. The van der Waals surface area contributed by atoms with Gasteiger partial charge in [0.15, 0.2) is 5.75 Å². The van der Waals surface area contributed by atoms with E-state index in [0.717, 1.165) is 45.3 Å². The van der Waals surface area contributed by atoms with E-state index in [1.807, 2.05) is 0 Å². The number of hydrogen-bond acceptors (Lipinski definition) is 3. The molecular weight excluding hydrogens is 481 g/mol. The molecule has 0 unspecified atom stereocenters. The Balaban J connectivity index is 1.04. The molecule has 2 aromatic carbocycles. The summed E-state index contributed by atoms with van der Waals surface area (Å²) in [6, 6.07) is 13.5. The molecule has 1 saturated heterocycles. The lowest BCUT2D eigenvalue weighted by Crippen LogP contribution is -2.42. The summed E-state index contributed by atoms with van der Waals surface area (Å²) in [7, 11) is 0. The minimum Gasteiger partial charge on any atom is -0.404 e. The fraction of sp³-hybridized carbons (Fsp3) is 0.464. The number of nitrogens with one attached hydrogen (secondary N) is 3. The summed E-state index contributed by atoms with van der Waals surface area (Å²) in [5.74, 6) is 0.770. The predicted octanol–water partition coefficient (Wildman–Crippen LogP) is 6.63. The highest BCUT2D eigenvalue weighted by Crippen LogP contribution is 2.34. The van der Waals surface area contributed by atoms with E-state index in [9.17, 15) is 18.0 Å². The van der Waals surface area contributed by atoms with Gasteiger partial charge in [0.05, 0.1) is 5.69 Å². The van der Waals surface area contributed by atoms with Gasteiger partial charge in [-0.05, 0) is 87.2 Å². The highest BCUT2D eigenvalue weighted by molar-refractivity contribution is 5.91. The smallest absolute Gasteiger partial charge is 0.404 e. The standard InChI is InChI=1S/C28H33F3N4O2/c29-28(30,31)37-26-8-4-3-7-25(26)34-27(36)33-21-11-9-19(10-12-21)18-35-15-13-20(14-16-35)23-17-32-24-6-2-1-5-22(23)24/h1-8,17,19-21,32H,9-16,18H2,(H2,33,34,36). The molecule has 198 valence electrons. The number of amides is 2. The Hall–Kier alpha value is -3.20. The molecule has 5 rings (SSSR count). The Bertz CT molecular complexity index is 1200. The molecule has 1 aromatic heterocycles. The summed E-state index contributed by atoms with van der Waals surface area (Å²) in [5, 5.41) is 6.75. The van der Waals surface area contributed by atoms with Gasteiger partial charge in [0.25, 0.3) is 0 Å². The molecule has 0 atom stereocenters. The van der Waals surface area contributed by atoms with Crippen LogP contribution in [-0.2, 0) is 0 Å². The van der Waals surface area contributed by atoms with E-state index in [0.29, 0.717) is 11.8 Å². The molecule has 3 aromatic rings. The number of aromatic nitrogens is 1. The lowest BCUT2D eigenvalue weighted by Gasteiger charge is -2.36. The molecule has 0 radical (unpaired) electrons. The first kappa shape index (κ1) is 25.4. The number of aromatic amines is 1. The van der Waals surface area contributed by atoms with Crippen molar-refractivity contribution in [3.8, 4) is 5.75 Å². The zero-order chi connectivity index (χ0) is 25.8. The monoisotopic (exact) mass is 514 g/mol. The van der Waals surface area contributed by atoms with Gasteiger partial charge >= 0.3 is 12.4 Å². The van der Waals surface area contributed by atoms with Gasteiger partial charge in [-0.25, -0.2) is 4.79 Å². The van der Waals surface area contributed by atoms with Crippen LogP contribution in [0.15, 0.2) is 54.7 Å². The third kappa shape index (κ3) is 6.57. The number of para-hydroxylation sites is 3. The number of halogens is 3. The van der Waals surface area contributed by atoms with Crippen molar-refractivity contribution in [1.29, 1.82) is 0 Å². The van der Waals surface area contributed by atoms with Crippen LogP contribution in [-0.4, -0.2) is 48.0 Å². The van der Waals surface area contributed by atoms with E-state index >= 15 is 0 Å². The topological polar surface area (TPSA) is 69.4 Å². The third-order valence-electron chi connectivity index (χ3n) is 7.71. The zero-order valence-electron chi connectivity index (χ0n) is 20.7. The first-order chi connectivity index (χ1) is 17.8. The Morgan fingerprint density at radius 1 is 0.973 bits per heavy atom. The van der Waals surface area contributed by atoms with Crippen LogP contribution < -0.4 is 15.4 Å². The number of carbonyl (C=O) groups is 1. The second-order valence-corrected chi connectivity index (χ2v) is 10.2. The number of alkyl halides is 3. The molecule has 0 bridgehead atoms. The van der Waals surface area contributed by atoms with Gasteiger partial charge in [-0.3, -0.25) is 0 Å². The summed E-state index contributed by atoms with van der Waals surface area (Å²) >= 11 is 0. The minimum atomic E-state index is -4.82. The SMILES string of the molecule is O=C(Nc1ccccc1OC(F)(F)F)NC1CCC(CN2CCC(c3c[nH]c4ccccc34)CC2)CC1. The Kier molecular flexibility index (Phi) is 7.60. The maximum atomic E-state index is 12.6. The van der Waals surface area contributed by atoms with Crippen molar-refractivity contribution in [2.45, 2.75) is 56.8 Å². The number of hydrogen-bond donors (Lipinski definition) is 3. The number of H-pyrrole nitrogens is 1. The van der Waals surface area contributed by atoms with Crippen molar-refractivity contribution in [2.75, 3.05) is 25.0 Å². The second kappa shape index (κ2) is 11.0. The fourth-order valence-corrected chi connectivity index (χ4v) is 5.84. The van der Waals surface area contributed by atoms with Crippen LogP contribution in [0.2, 0.25) is 0 Å². The average molecular weight is 515 g/mol. The number of likely N-dealkylation sites (tertiary alicyclic amines) is 1. The van der Waals surface area contributed by atoms with Crippen LogP contribution in [0.4, 0.5) is 23.7 Å². The highest BCUT2D eigenvalue weighted by Gasteiger charge is 2.32. The van der Waals surface area contributed by atoms with Gasteiger partial charge in [-0.15, -0.1) is 13.2 Å². The van der Waals surface area contributed by atoms with Gasteiger partial charge in [0, 0.05) is 29.7 Å². The molecule has 2 heterocycles. The van der Waals surface area contributed by atoms with Crippen LogP contribution in [0.1, 0.15) is 50.0 Å². The van der Waals surface area contributed by atoms with E-state index in [-0.39, 0.29) is 11.7 Å². The molecule has 2 aliphatic rings. The van der Waals surface area contributed by atoms with Crippen molar-refractivity contribution < 1.29 is 22.7 Å². The van der Waals surface area contributed by atoms with Gasteiger partial charge in [-0.1, -0.05) is 30.3 Å². The number of nitrogens with zero attached hydrogens (tertiary/aromatic N) is 1. The summed E-state index contributed by atoms with van der Waals surface area (Å²) in [5.41, 5.74) is 2.63. The predicted molar refractivity (Wildman–Crippen MR) is 138 cm³/mol. The normalized spacial score (nSPS) is 21.6.